The van der Waals surface area contributed by atoms with Crippen molar-refractivity contribution in [2.75, 3.05) is 24.4 Å². The molecular weight excluding hydrogens is 246 g/mol. The van der Waals surface area contributed by atoms with E-state index in [1.807, 2.05) is 18.6 Å². The first-order chi connectivity index (χ1) is 7.60. The lowest BCUT2D eigenvalue weighted by Crippen LogP contribution is -2.16. The average Bonchev–Trinajstić information content (AvgIpc) is 2.60. The van der Waals surface area contributed by atoms with Gasteiger partial charge < -0.3 is 10.1 Å². The summed E-state index contributed by atoms with van der Waals surface area (Å²) in [5.41, 5.74) is 1.44. The zero-order valence-corrected chi connectivity index (χ0v) is 11.0. The Morgan fingerprint density at radius 3 is 2.81 bits per heavy atom. The molecule has 0 radical (unpaired) electrons. The number of anilines is 1. The molecule has 0 aromatic carbocycles. The summed E-state index contributed by atoms with van der Waals surface area (Å²) in [6.07, 6.45) is 1.85. The highest BCUT2D eigenvalue weighted by atomic mass is 32.2. The fourth-order valence-corrected chi connectivity index (χ4v) is 2.41. The monoisotopic (exact) mass is 259 g/mol. The van der Waals surface area contributed by atoms with E-state index in [1.165, 1.54) is 30.2 Å². The van der Waals surface area contributed by atoms with Crippen molar-refractivity contribution in [3.05, 3.63) is 15.8 Å². The number of nitrogens with one attached hydrogen (secondary N) is 1. The molecule has 1 heterocycles. The topological polar surface area (TPSA) is 55.4 Å². The molecule has 0 saturated heterocycles. The quantitative estimate of drug-likeness (QED) is 0.842. The van der Waals surface area contributed by atoms with E-state index in [9.17, 15) is 9.59 Å². The zero-order chi connectivity index (χ0) is 12.1. The summed E-state index contributed by atoms with van der Waals surface area (Å²) in [4.78, 5) is 23.3. The number of thioether (sulfide) groups is 1. The Balaban J connectivity index is 2.89. The van der Waals surface area contributed by atoms with Crippen LogP contribution in [0.4, 0.5) is 5.69 Å². The van der Waals surface area contributed by atoms with E-state index in [1.54, 1.807) is 0 Å². The smallest absolute Gasteiger partial charge is 0.350 e. The van der Waals surface area contributed by atoms with Crippen LogP contribution in [0.15, 0.2) is 5.38 Å². The van der Waals surface area contributed by atoms with E-state index in [0.717, 1.165) is 5.56 Å². The third-order valence-electron chi connectivity index (χ3n) is 1.89. The number of amides is 1. The minimum atomic E-state index is -0.419. The summed E-state index contributed by atoms with van der Waals surface area (Å²) in [5, 5.41) is 4.55. The maximum atomic E-state index is 11.4. The van der Waals surface area contributed by atoms with Gasteiger partial charge in [0.05, 0.1) is 18.6 Å². The lowest BCUT2D eigenvalue weighted by molar-refractivity contribution is -0.113. The molecule has 0 bridgehead atoms. The SMILES string of the molecule is COC(=O)c1scc(C)c1NC(=O)CSC. The third-order valence-corrected chi connectivity index (χ3v) is 3.51. The van der Waals surface area contributed by atoms with Crippen LogP contribution < -0.4 is 5.32 Å². The summed E-state index contributed by atoms with van der Waals surface area (Å²) in [6, 6.07) is 0. The minimum Gasteiger partial charge on any atom is -0.465 e. The van der Waals surface area contributed by atoms with Gasteiger partial charge in [-0.15, -0.1) is 11.3 Å². The highest BCUT2D eigenvalue weighted by Crippen LogP contribution is 2.28. The molecule has 6 heteroatoms. The number of methoxy groups -OCH3 is 1. The Hall–Kier alpha value is -1.01. The molecule has 1 aromatic rings. The van der Waals surface area contributed by atoms with E-state index in [-0.39, 0.29) is 5.91 Å². The van der Waals surface area contributed by atoms with Crippen molar-refractivity contribution in [1.29, 1.82) is 0 Å². The van der Waals surface area contributed by atoms with Crippen LogP contribution in [0.1, 0.15) is 15.2 Å². The van der Waals surface area contributed by atoms with E-state index >= 15 is 0 Å². The Labute approximate surface area is 102 Å². The molecule has 16 heavy (non-hydrogen) atoms. The summed E-state index contributed by atoms with van der Waals surface area (Å²) in [6.45, 7) is 1.84. The van der Waals surface area contributed by atoms with Gasteiger partial charge in [0.1, 0.15) is 4.88 Å². The first-order valence-corrected chi connectivity index (χ1v) is 6.82. The second-order valence-corrected chi connectivity index (χ2v) is 4.84. The largest absolute Gasteiger partial charge is 0.465 e. The van der Waals surface area contributed by atoms with E-state index < -0.39 is 5.97 Å². The number of ether oxygens (including phenoxy) is 1. The zero-order valence-electron chi connectivity index (χ0n) is 9.33. The van der Waals surface area contributed by atoms with E-state index in [2.05, 4.69) is 10.1 Å². The van der Waals surface area contributed by atoms with E-state index in [0.29, 0.717) is 16.3 Å². The normalized spacial score (nSPS) is 9.94. The van der Waals surface area contributed by atoms with Crippen molar-refractivity contribution in [2.45, 2.75) is 6.92 Å². The number of aryl methyl sites for hydroxylation is 1. The summed E-state index contributed by atoms with van der Waals surface area (Å²) in [7, 11) is 1.32. The maximum absolute atomic E-state index is 11.4. The van der Waals surface area contributed by atoms with Crippen molar-refractivity contribution >= 4 is 40.7 Å². The average molecular weight is 259 g/mol. The van der Waals surface area contributed by atoms with Crippen molar-refractivity contribution in [3.63, 3.8) is 0 Å². The molecule has 0 fully saturated rings. The van der Waals surface area contributed by atoms with Gasteiger partial charge in [-0.3, -0.25) is 4.79 Å². The lowest BCUT2D eigenvalue weighted by Gasteiger charge is -2.06. The first kappa shape index (κ1) is 13.1. The molecule has 1 aromatic heterocycles. The second kappa shape index (κ2) is 5.91. The molecule has 0 aliphatic carbocycles. The predicted molar refractivity (Wildman–Crippen MR) is 67.4 cm³/mol. The number of hydrogen-bond donors (Lipinski definition) is 1. The Morgan fingerprint density at radius 1 is 1.56 bits per heavy atom. The molecule has 0 unspecified atom stereocenters. The molecule has 0 atom stereocenters. The van der Waals surface area contributed by atoms with Gasteiger partial charge in [0, 0.05) is 0 Å². The molecule has 0 aliphatic heterocycles. The molecule has 0 spiro atoms. The van der Waals surface area contributed by atoms with Crippen molar-refractivity contribution in [1.82, 2.24) is 0 Å². The van der Waals surface area contributed by atoms with Crippen LogP contribution >= 0.6 is 23.1 Å². The number of thiophene rings is 1. The number of carbonyl (C=O) groups excluding carboxylic acids is 2. The Morgan fingerprint density at radius 2 is 2.25 bits per heavy atom. The fourth-order valence-electron chi connectivity index (χ4n) is 1.15. The Kier molecular flexibility index (Phi) is 4.82. The van der Waals surface area contributed by atoms with Crippen molar-refractivity contribution in [3.8, 4) is 0 Å². The van der Waals surface area contributed by atoms with Crippen LogP contribution in [0.5, 0.6) is 0 Å². The summed E-state index contributed by atoms with van der Waals surface area (Å²) in [5.74, 6) is -0.160. The molecule has 0 aliphatic rings. The second-order valence-electron chi connectivity index (χ2n) is 3.10. The molecule has 88 valence electrons. The van der Waals surface area contributed by atoms with Gasteiger partial charge in [0.15, 0.2) is 0 Å². The van der Waals surface area contributed by atoms with Gasteiger partial charge in [-0.05, 0) is 24.1 Å². The number of carbonyl (C=O) groups is 2. The molecule has 1 rings (SSSR count). The van der Waals surface area contributed by atoms with Crippen LogP contribution in [0, 0.1) is 6.92 Å². The predicted octanol–water partition coefficient (Wildman–Crippen LogP) is 2.14. The van der Waals surface area contributed by atoms with Gasteiger partial charge in [0.25, 0.3) is 0 Å². The summed E-state index contributed by atoms with van der Waals surface area (Å²) < 4.78 is 4.65. The van der Waals surface area contributed by atoms with Gasteiger partial charge in [0.2, 0.25) is 5.91 Å². The minimum absolute atomic E-state index is 0.112. The van der Waals surface area contributed by atoms with Crippen LogP contribution in [0.2, 0.25) is 0 Å². The Bertz CT molecular complexity index is 401. The molecular formula is C10H13NO3S2. The third kappa shape index (κ3) is 2.99. The van der Waals surface area contributed by atoms with Gasteiger partial charge >= 0.3 is 5.97 Å². The van der Waals surface area contributed by atoms with Gasteiger partial charge in [-0.25, -0.2) is 4.79 Å². The van der Waals surface area contributed by atoms with Crippen LogP contribution in [0.25, 0.3) is 0 Å². The van der Waals surface area contributed by atoms with Crippen LogP contribution in [-0.4, -0.2) is 31.0 Å². The maximum Gasteiger partial charge on any atom is 0.350 e. The molecule has 1 N–H and O–H groups in total. The molecule has 4 nitrogen and oxygen atoms in total. The number of hydrogen-bond acceptors (Lipinski definition) is 5. The number of esters is 1. The molecule has 1 amide bonds. The van der Waals surface area contributed by atoms with Gasteiger partial charge in [-0.1, -0.05) is 0 Å². The van der Waals surface area contributed by atoms with Gasteiger partial charge in [-0.2, -0.15) is 11.8 Å². The van der Waals surface area contributed by atoms with Crippen molar-refractivity contribution < 1.29 is 14.3 Å². The van der Waals surface area contributed by atoms with Crippen LogP contribution in [0.3, 0.4) is 0 Å². The highest BCUT2D eigenvalue weighted by molar-refractivity contribution is 7.99. The highest BCUT2D eigenvalue weighted by Gasteiger charge is 2.18. The lowest BCUT2D eigenvalue weighted by atomic mass is 10.2. The van der Waals surface area contributed by atoms with E-state index in [4.69, 9.17) is 0 Å². The van der Waals surface area contributed by atoms with Crippen molar-refractivity contribution in [2.24, 2.45) is 0 Å². The fraction of sp³-hybridized carbons (Fsp3) is 0.400. The standard InChI is InChI=1S/C10H13NO3S2/c1-6-4-16-9(10(13)14-2)8(6)11-7(12)5-15-3/h4H,5H2,1-3H3,(H,11,12). The summed E-state index contributed by atoms with van der Waals surface area (Å²) >= 11 is 2.71. The molecule has 0 saturated carbocycles. The first-order valence-electron chi connectivity index (χ1n) is 4.55. The van der Waals surface area contributed by atoms with Crippen LogP contribution in [-0.2, 0) is 9.53 Å². The number of rotatable bonds is 4.